The van der Waals surface area contributed by atoms with Gasteiger partial charge in [-0.2, -0.15) is 41.4 Å². The Morgan fingerprint density at radius 2 is 1.50 bits per heavy atom. The summed E-state index contributed by atoms with van der Waals surface area (Å²) in [4.78, 5) is 11.4. The number of alkyl halides is 6. The number of rotatable bonds is 5. The van der Waals surface area contributed by atoms with E-state index >= 15 is 0 Å². The lowest BCUT2D eigenvalue weighted by Gasteiger charge is -2.09. The Hall–Kier alpha value is -3.57. The maximum Gasteiger partial charge on any atom is 0.416 e. The zero-order chi connectivity index (χ0) is 21.8. The summed E-state index contributed by atoms with van der Waals surface area (Å²) in [6.45, 7) is -0.147. The summed E-state index contributed by atoms with van der Waals surface area (Å²) in [7, 11) is 0. The number of hydrogen-bond acceptors (Lipinski definition) is 6. The van der Waals surface area contributed by atoms with Crippen LogP contribution in [0.5, 0.6) is 0 Å². The van der Waals surface area contributed by atoms with Gasteiger partial charge in [-0.3, -0.25) is 0 Å². The first-order valence-electron chi connectivity index (χ1n) is 8.28. The smallest absolute Gasteiger partial charge is 0.324 e. The second kappa shape index (κ2) is 8.43. The molecule has 0 saturated carbocycles. The van der Waals surface area contributed by atoms with Crippen LogP contribution in [0.3, 0.4) is 0 Å². The van der Waals surface area contributed by atoms with Gasteiger partial charge in [0.15, 0.2) is 0 Å². The number of anilines is 2. The van der Waals surface area contributed by atoms with Crippen LogP contribution in [0.2, 0.25) is 0 Å². The highest BCUT2D eigenvalue weighted by Crippen LogP contribution is 2.31. The Morgan fingerprint density at radius 3 is 2.20 bits per heavy atom. The number of hydrogen-bond donors (Lipinski definition) is 1. The third-order valence-electron chi connectivity index (χ3n) is 3.67. The first kappa shape index (κ1) is 21.1. The number of aromatic nitrogens is 3. The minimum absolute atomic E-state index is 0.0719. The first-order chi connectivity index (χ1) is 14.1. The van der Waals surface area contributed by atoms with Gasteiger partial charge in [-0.1, -0.05) is 18.2 Å². The Kier molecular flexibility index (Phi) is 5.94. The average Bonchev–Trinajstić information content (AvgIpc) is 2.67. The summed E-state index contributed by atoms with van der Waals surface area (Å²) in [5.41, 5.74) is -1.27. The highest BCUT2D eigenvalue weighted by atomic mass is 19.4. The molecular formula is C18H12F6N6. The standard InChI is InChI=1S/C18H12F6N6/c19-17(20,21)12-4-1-3-11(7-12)9-27-30-16-26-10-25-15(29-16)28-14-6-2-5-13(8-14)18(22,23)24/h1-8,10H,9H2,(H,25,26,28,29). The van der Waals surface area contributed by atoms with Crippen LogP contribution in [0.15, 0.2) is 65.1 Å². The molecule has 0 fully saturated rings. The molecule has 0 radical (unpaired) electrons. The molecular weight excluding hydrogens is 414 g/mol. The lowest BCUT2D eigenvalue weighted by Crippen LogP contribution is -2.05. The molecule has 1 heterocycles. The van der Waals surface area contributed by atoms with Crippen molar-refractivity contribution in [1.82, 2.24) is 15.0 Å². The van der Waals surface area contributed by atoms with Crippen molar-refractivity contribution in [3.63, 3.8) is 0 Å². The Balaban J connectivity index is 1.69. The monoisotopic (exact) mass is 426 g/mol. The lowest BCUT2D eigenvalue weighted by molar-refractivity contribution is -0.138. The predicted molar refractivity (Wildman–Crippen MR) is 94.2 cm³/mol. The second-order valence-electron chi connectivity index (χ2n) is 5.91. The quantitative estimate of drug-likeness (QED) is 0.405. The fraction of sp³-hybridized carbons (Fsp3) is 0.167. The van der Waals surface area contributed by atoms with E-state index < -0.39 is 23.5 Å². The van der Waals surface area contributed by atoms with Gasteiger partial charge in [0.2, 0.25) is 5.95 Å². The van der Waals surface area contributed by atoms with Crippen molar-refractivity contribution in [3.8, 4) is 0 Å². The molecule has 3 rings (SSSR count). The maximum absolute atomic E-state index is 12.8. The van der Waals surface area contributed by atoms with E-state index in [0.29, 0.717) is 0 Å². The van der Waals surface area contributed by atoms with Crippen LogP contribution in [0, 0.1) is 0 Å². The summed E-state index contributed by atoms with van der Waals surface area (Å²) < 4.78 is 76.5. The molecule has 1 aromatic heterocycles. The molecule has 0 atom stereocenters. The van der Waals surface area contributed by atoms with Crippen molar-refractivity contribution in [3.05, 3.63) is 71.5 Å². The van der Waals surface area contributed by atoms with E-state index in [1.54, 1.807) is 0 Å². The first-order valence-corrected chi connectivity index (χ1v) is 8.28. The van der Waals surface area contributed by atoms with Gasteiger partial charge in [-0.25, -0.2) is 4.98 Å². The van der Waals surface area contributed by atoms with Crippen molar-refractivity contribution in [2.24, 2.45) is 10.2 Å². The summed E-state index contributed by atoms with van der Waals surface area (Å²) in [6, 6.07) is 9.04. The zero-order valence-electron chi connectivity index (χ0n) is 14.9. The van der Waals surface area contributed by atoms with Gasteiger partial charge in [0.1, 0.15) is 6.33 Å². The predicted octanol–water partition coefficient (Wildman–Crippen LogP) is 5.94. The Bertz CT molecular complexity index is 1050. The molecule has 12 heteroatoms. The van der Waals surface area contributed by atoms with E-state index in [1.807, 2.05) is 0 Å². The largest absolute Gasteiger partial charge is 0.416 e. The molecule has 156 valence electrons. The summed E-state index contributed by atoms with van der Waals surface area (Å²) in [5.74, 6) is -0.233. The molecule has 0 amide bonds. The third kappa shape index (κ3) is 5.72. The highest BCUT2D eigenvalue weighted by Gasteiger charge is 2.31. The van der Waals surface area contributed by atoms with Crippen LogP contribution in [-0.2, 0) is 18.9 Å². The lowest BCUT2D eigenvalue weighted by atomic mass is 10.1. The van der Waals surface area contributed by atoms with Crippen molar-refractivity contribution in [1.29, 1.82) is 0 Å². The molecule has 6 nitrogen and oxygen atoms in total. The molecule has 0 spiro atoms. The van der Waals surface area contributed by atoms with Crippen LogP contribution in [-0.4, -0.2) is 15.0 Å². The molecule has 0 aliphatic heterocycles. The van der Waals surface area contributed by atoms with Gasteiger partial charge in [0, 0.05) is 5.69 Å². The highest BCUT2D eigenvalue weighted by molar-refractivity contribution is 5.55. The van der Waals surface area contributed by atoms with Crippen LogP contribution < -0.4 is 5.32 Å². The van der Waals surface area contributed by atoms with Gasteiger partial charge in [-0.15, -0.1) is 5.11 Å². The van der Waals surface area contributed by atoms with Crippen molar-refractivity contribution < 1.29 is 26.3 Å². The van der Waals surface area contributed by atoms with Crippen molar-refractivity contribution >= 4 is 17.6 Å². The molecule has 0 aliphatic rings. The molecule has 0 aliphatic carbocycles. The Morgan fingerprint density at radius 1 is 0.833 bits per heavy atom. The summed E-state index contributed by atoms with van der Waals surface area (Å²) >= 11 is 0. The van der Waals surface area contributed by atoms with Gasteiger partial charge >= 0.3 is 12.4 Å². The van der Waals surface area contributed by atoms with Crippen LogP contribution in [0.1, 0.15) is 16.7 Å². The number of benzene rings is 2. The van der Waals surface area contributed by atoms with E-state index in [1.165, 1.54) is 24.3 Å². The Labute approximate surface area is 165 Å². The molecule has 1 N–H and O–H groups in total. The third-order valence-corrected chi connectivity index (χ3v) is 3.67. The fourth-order valence-electron chi connectivity index (χ4n) is 2.32. The molecule has 0 bridgehead atoms. The molecule has 2 aromatic carbocycles. The second-order valence-corrected chi connectivity index (χ2v) is 5.91. The zero-order valence-corrected chi connectivity index (χ0v) is 14.9. The van der Waals surface area contributed by atoms with E-state index in [0.717, 1.165) is 30.6 Å². The normalized spacial score (nSPS) is 12.3. The van der Waals surface area contributed by atoms with Crippen LogP contribution >= 0.6 is 0 Å². The fourth-order valence-corrected chi connectivity index (χ4v) is 2.32. The van der Waals surface area contributed by atoms with Crippen LogP contribution in [0.25, 0.3) is 0 Å². The van der Waals surface area contributed by atoms with Crippen molar-refractivity contribution in [2.75, 3.05) is 5.32 Å². The van der Waals surface area contributed by atoms with E-state index in [9.17, 15) is 26.3 Å². The number of nitrogens with zero attached hydrogens (tertiary/aromatic N) is 5. The van der Waals surface area contributed by atoms with E-state index in [4.69, 9.17) is 0 Å². The van der Waals surface area contributed by atoms with Gasteiger partial charge in [-0.05, 0) is 35.9 Å². The minimum atomic E-state index is -4.50. The van der Waals surface area contributed by atoms with E-state index in [-0.39, 0.29) is 29.7 Å². The summed E-state index contributed by atoms with van der Waals surface area (Å²) in [6.07, 6.45) is -7.90. The van der Waals surface area contributed by atoms with Crippen molar-refractivity contribution in [2.45, 2.75) is 18.9 Å². The molecule has 0 saturated heterocycles. The minimum Gasteiger partial charge on any atom is -0.324 e. The van der Waals surface area contributed by atoms with Gasteiger partial charge in [0.05, 0.1) is 17.7 Å². The topological polar surface area (TPSA) is 75.4 Å². The molecule has 0 unspecified atom stereocenters. The van der Waals surface area contributed by atoms with Gasteiger partial charge in [0.25, 0.3) is 5.95 Å². The van der Waals surface area contributed by atoms with Gasteiger partial charge < -0.3 is 5.32 Å². The maximum atomic E-state index is 12.8. The number of halogens is 6. The molecule has 3 aromatic rings. The summed E-state index contributed by atoms with van der Waals surface area (Å²) in [5, 5.41) is 10.1. The van der Waals surface area contributed by atoms with E-state index in [2.05, 4.69) is 30.5 Å². The SMILES string of the molecule is FC(F)(F)c1cccc(CN=Nc2ncnc(Nc3cccc(C(F)(F)F)c3)n2)c1. The number of nitrogens with one attached hydrogen (secondary N) is 1. The number of azo groups is 1. The van der Waals surface area contributed by atoms with Crippen LogP contribution in [0.4, 0.5) is 43.9 Å². The molecule has 30 heavy (non-hydrogen) atoms. The average molecular weight is 426 g/mol.